The van der Waals surface area contributed by atoms with Gasteiger partial charge in [0.05, 0.1) is 18.0 Å². The molecule has 28 heavy (non-hydrogen) atoms. The van der Waals surface area contributed by atoms with Crippen molar-refractivity contribution in [2.24, 2.45) is 5.16 Å². The summed E-state index contributed by atoms with van der Waals surface area (Å²) in [6.07, 6.45) is 0.506. The first kappa shape index (κ1) is 18.2. The molecule has 2 heterocycles. The lowest BCUT2D eigenvalue weighted by atomic mass is 10.0. The van der Waals surface area contributed by atoms with Crippen molar-refractivity contribution in [3.05, 3.63) is 82.9 Å². The molecule has 0 saturated heterocycles. The van der Waals surface area contributed by atoms with Gasteiger partial charge in [-0.15, -0.1) is 0 Å². The molecule has 4 rings (SSSR count). The topological polar surface area (TPSA) is 48.6 Å². The molecule has 0 fully saturated rings. The Morgan fingerprint density at radius 3 is 2.71 bits per heavy atom. The average Bonchev–Trinajstić information content (AvgIpc) is 3.27. The van der Waals surface area contributed by atoms with Gasteiger partial charge in [0.25, 0.3) is 0 Å². The molecule has 1 atom stereocenters. The third-order valence-corrected chi connectivity index (χ3v) is 4.70. The zero-order valence-electron chi connectivity index (χ0n) is 15.9. The van der Waals surface area contributed by atoms with Gasteiger partial charge in [-0.3, -0.25) is 4.68 Å². The van der Waals surface area contributed by atoms with Crippen molar-refractivity contribution in [1.82, 2.24) is 9.78 Å². The van der Waals surface area contributed by atoms with Crippen LogP contribution in [0.15, 0.2) is 59.8 Å². The highest BCUT2D eigenvalue weighted by Crippen LogP contribution is 2.27. The molecule has 0 radical (unpaired) electrons. The Kier molecular flexibility index (Phi) is 5.10. The van der Waals surface area contributed by atoms with E-state index in [9.17, 15) is 4.39 Å². The third-order valence-electron chi connectivity index (χ3n) is 4.70. The molecule has 0 aliphatic carbocycles. The number of nitrogens with zero attached hydrogens (tertiary/aromatic N) is 3. The van der Waals surface area contributed by atoms with Gasteiger partial charge in [0.15, 0.2) is 6.10 Å². The standard InChI is InChI=1S/C22H22FN3O2/c1-15-10-16(2)26(24-15)13-19-12-21(25-28-19)20-9-8-18(23)11-22(20)27-14-17-6-4-3-5-7-17/h3-11,19H,12-14H2,1-2H3/t19-/m1/s1. The van der Waals surface area contributed by atoms with Crippen molar-refractivity contribution in [2.75, 3.05) is 0 Å². The van der Waals surface area contributed by atoms with E-state index in [2.05, 4.69) is 10.3 Å². The van der Waals surface area contributed by atoms with Crippen molar-refractivity contribution < 1.29 is 14.0 Å². The van der Waals surface area contributed by atoms with Crippen LogP contribution in [0.4, 0.5) is 4.39 Å². The number of hydrogen-bond acceptors (Lipinski definition) is 4. The maximum absolute atomic E-state index is 13.8. The molecule has 0 bridgehead atoms. The Morgan fingerprint density at radius 1 is 1.14 bits per heavy atom. The second-order valence-electron chi connectivity index (χ2n) is 6.99. The van der Waals surface area contributed by atoms with E-state index in [4.69, 9.17) is 9.57 Å². The third kappa shape index (κ3) is 4.06. The van der Waals surface area contributed by atoms with Crippen LogP contribution in [0.3, 0.4) is 0 Å². The van der Waals surface area contributed by atoms with Crippen LogP contribution in [0.1, 0.15) is 28.9 Å². The second-order valence-corrected chi connectivity index (χ2v) is 6.99. The summed E-state index contributed by atoms with van der Waals surface area (Å²) in [6, 6.07) is 16.3. The molecule has 1 aliphatic heterocycles. The molecule has 6 heteroatoms. The molecule has 1 aliphatic rings. The Bertz CT molecular complexity index is 998. The number of benzene rings is 2. The van der Waals surface area contributed by atoms with Crippen molar-refractivity contribution >= 4 is 5.71 Å². The molecule has 144 valence electrons. The van der Waals surface area contributed by atoms with E-state index in [1.54, 1.807) is 6.07 Å². The van der Waals surface area contributed by atoms with Crippen LogP contribution >= 0.6 is 0 Å². The predicted molar refractivity (Wildman–Crippen MR) is 105 cm³/mol. The summed E-state index contributed by atoms with van der Waals surface area (Å²) in [5, 5.41) is 8.71. The van der Waals surface area contributed by atoms with Crippen LogP contribution in [-0.4, -0.2) is 21.6 Å². The van der Waals surface area contributed by atoms with Crippen molar-refractivity contribution in [3.8, 4) is 5.75 Å². The number of rotatable bonds is 6. The maximum Gasteiger partial charge on any atom is 0.152 e. The lowest BCUT2D eigenvalue weighted by molar-refractivity contribution is 0.0692. The minimum atomic E-state index is -0.342. The van der Waals surface area contributed by atoms with Gasteiger partial charge in [0.2, 0.25) is 0 Å². The first-order valence-electron chi connectivity index (χ1n) is 9.29. The summed E-state index contributed by atoms with van der Waals surface area (Å²) < 4.78 is 21.6. The minimum Gasteiger partial charge on any atom is -0.488 e. The Hall–Kier alpha value is -3.15. The summed E-state index contributed by atoms with van der Waals surface area (Å²) in [5.41, 5.74) is 4.60. The fourth-order valence-corrected chi connectivity index (χ4v) is 3.33. The molecule has 0 spiro atoms. The highest BCUT2D eigenvalue weighted by atomic mass is 19.1. The summed E-state index contributed by atoms with van der Waals surface area (Å²) in [6.45, 7) is 4.97. The smallest absolute Gasteiger partial charge is 0.152 e. The molecule has 1 aromatic heterocycles. The van der Waals surface area contributed by atoms with E-state index in [0.717, 1.165) is 28.2 Å². The predicted octanol–water partition coefficient (Wildman–Crippen LogP) is 4.41. The van der Waals surface area contributed by atoms with Crippen molar-refractivity contribution in [1.29, 1.82) is 0 Å². The maximum atomic E-state index is 13.8. The number of hydrogen-bond donors (Lipinski definition) is 0. The van der Waals surface area contributed by atoms with Crippen LogP contribution in [0.5, 0.6) is 5.75 Å². The fourth-order valence-electron chi connectivity index (χ4n) is 3.33. The molecule has 5 nitrogen and oxygen atoms in total. The number of oxime groups is 1. The summed E-state index contributed by atoms with van der Waals surface area (Å²) >= 11 is 0. The van der Waals surface area contributed by atoms with Crippen LogP contribution in [0.25, 0.3) is 0 Å². The summed E-state index contributed by atoms with van der Waals surface area (Å²) in [5.74, 6) is 0.128. The van der Waals surface area contributed by atoms with E-state index < -0.39 is 0 Å². The van der Waals surface area contributed by atoms with Gasteiger partial charge >= 0.3 is 0 Å². The first-order chi connectivity index (χ1) is 13.6. The lowest BCUT2D eigenvalue weighted by Gasteiger charge is -2.12. The van der Waals surface area contributed by atoms with Crippen LogP contribution < -0.4 is 4.74 Å². The zero-order chi connectivity index (χ0) is 19.5. The first-order valence-corrected chi connectivity index (χ1v) is 9.29. The van der Waals surface area contributed by atoms with Crippen molar-refractivity contribution in [2.45, 2.75) is 39.5 Å². The zero-order valence-corrected chi connectivity index (χ0v) is 15.9. The van der Waals surface area contributed by atoms with Gasteiger partial charge in [-0.25, -0.2) is 4.39 Å². The molecule has 0 N–H and O–H groups in total. The van der Waals surface area contributed by atoms with E-state index >= 15 is 0 Å². The van der Waals surface area contributed by atoms with E-state index in [1.807, 2.05) is 54.9 Å². The van der Waals surface area contributed by atoms with Gasteiger partial charge in [0.1, 0.15) is 18.2 Å². The van der Waals surface area contributed by atoms with Gasteiger partial charge in [-0.2, -0.15) is 5.10 Å². The lowest BCUT2D eigenvalue weighted by Crippen LogP contribution is -2.19. The van der Waals surface area contributed by atoms with E-state index in [0.29, 0.717) is 25.3 Å². The SMILES string of the molecule is Cc1cc(C)n(C[C@H]2CC(c3ccc(F)cc3OCc3ccccc3)=NO2)n1. The number of aromatic nitrogens is 2. The average molecular weight is 379 g/mol. The van der Waals surface area contributed by atoms with Crippen LogP contribution in [-0.2, 0) is 18.0 Å². The molecule has 0 amide bonds. The molecule has 2 aromatic carbocycles. The largest absolute Gasteiger partial charge is 0.488 e. The molecule has 3 aromatic rings. The normalized spacial score (nSPS) is 16.0. The number of halogens is 1. The van der Waals surface area contributed by atoms with Gasteiger partial charge in [-0.05, 0) is 37.6 Å². The van der Waals surface area contributed by atoms with Crippen LogP contribution in [0.2, 0.25) is 0 Å². The summed E-state index contributed by atoms with van der Waals surface area (Å²) in [4.78, 5) is 5.61. The molecular weight excluding hydrogens is 357 g/mol. The summed E-state index contributed by atoms with van der Waals surface area (Å²) in [7, 11) is 0. The highest BCUT2D eigenvalue weighted by molar-refractivity contribution is 6.03. The highest BCUT2D eigenvalue weighted by Gasteiger charge is 2.26. The van der Waals surface area contributed by atoms with Gasteiger partial charge in [-0.1, -0.05) is 35.5 Å². The number of aryl methyl sites for hydroxylation is 2. The van der Waals surface area contributed by atoms with E-state index in [-0.39, 0.29) is 11.9 Å². The quantitative estimate of drug-likeness (QED) is 0.637. The number of ether oxygens (including phenoxy) is 1. The van der Waals surface area contributed by atoms with E-state index in [1.165, 1.54) is 12.1 Å². The fraction of sp³-hybridized carbons (Fsp3) is 0.273. The second kappa shape index (κ2) is 7.84. The monoisotopic (exact) mass is 379 g/mol. The Balaban J connectivity index is 1.47. The van der Waals surface area contributed by atoms with Gasteiger partial charge < -0.3 is 9.57 Å². The molecular formula is C22H22FN3O2. The van der Waals surface area contributed by atoms with Gasteiger partial charge in [0, 0.05) is 23.7 Å². The molecule has 0 unspecified atom stereocenters. The Labute approximate surface area is 163 Å². The van der Waals surface area contributed by atoms with Crippen LogP contribution in [0, 0.1) is 19.7 Å². The minimum absolute atomic E-state index is 0.111. The van der Waals surface area contributed by atoms with Crippen molar-refractivity contribution in [3.63, 3.8) is 0 Å². The molecule has 0 saturated carbocycles. The Morgan fingerprint density at radius 2 is 1.96 bits per heavy atom.